The van der Waals surface area contributed by atoms with Gasteiger partial charge in [0.1, 0.15) is 17.2 Å². The van der Waals surface area contributed by atoms with E-state index in [4.69, 9.17) is 23.1 Å². The molecule has 0 radical (unpaired) electrons. The molecule has 0 bridgehead atoms. The Morgan fingerprint density at radius 2 is 0.591 bits per heavy atom. The number of ether oxygens (including phenoxy) is 3. The minimum absolute atomic E-state index is 0.802. The van der Waals surface area contributed by atoms with Crippen molar-refractivity contribution in [1.29, 1.82) is 0 Å². The van der Waals surface area contributed by atoms with Gasteiger partial charge >= 0.3 is 8.56 Å². The minimum Gasteiger partial charge on any atom is -0.497 e. The van der Waals surface area contributed by atoms with Crippen LogP contribution < -0.4 is 29.2 Å². The van der Waals surface area contributed by atoms with Crippen molar-refractivity contribution >= 4 is 47.9 Å². The number of hydrogen-bond donors (Lipinski definition) is 0. The topological polar surface area (TPSA) is 52.6 Å². The third-order valence-electron chi connectivity index (χ3n) is 7.79. The van der Waals surface area contributed by atoms with Crippen molar-refractivity contribution < 1.29 is 23.1 Å². The van der Waals surface area contributed by atoms with Crippen LogP contribution in [0, 0.1) is 0 Å². The quantitative estimate of drug-likeness (QED) is 0.133. The van der Waals surface area contributed by atoms with Crippen LogP contribution in [0.25, 0.3) is 0 Å². The standard InChI is InChI=1S/C36H38N2O5Si/c1-39-33-19-11-29(12-20-33)37(30-13-21-34(40-2)22-14-30)27-7-9-28(10-8-27)38(31-15-23-35(41-3)24-16-31)32-17-25-36(26-18-32)44(6,42-4)43-5/h7-26H,1-6H3. The average Bonchev–Trinajstić information content (AvgIpc) is 3.10. The monoisotopic (exact) mass is 606 g/mol. The molecule has 5 aromatic rings. The van der Waals surface area contributed by atoms with Crippen LogP contribution in [-0.2, 0) is 8.85 Å². The van der Waals surface area contributed by atoms with Gasteiger partial charge in [-0.3, -0.25) is 0 Å². The Bertz CT molecular complexity index is 1570. The van der Waals surface area contributed by atoms with E-state index in [1.54, 1.807) is 35.5 Å². The van der Waals surface area contributed by atoms with E-state index in [2.05, 4.69) is 94.7 Å². The lowest BCUT2D eigenvalue weighted by Gasteiger charge is -2.29. The van der Waals surface area contributed by atoms with Crippen molar-refractivity contribution in [3.63, 3.8) is 0 Å². The van der Waals surface area contributed by atoms with E-state index >= 15 is 0 Å². The molecule has 0 spiro atoms. The molecule has 0 aliphatic carbocycles. The van der Waals surface area contributed by atoms with Crippen molar-refractivity contribution in [3.05, 3.63) is 121 Å². The minimum atomic E-state index is -2.46. The van der Waals surface area contributed by atoms with Gasteiger partial charge in [-0.25, -0.2) is 0 Å². The van der Waals surface area contributed by atoms with E-state index in [0.29, 0.717) is 0 Å². The van der Waals surface area contributed by atoms with E-state index in [1.165, 1.54) is 0 Å². The van der Waals surface area contributed by atoms with Crippen molar-refractivity contribution in [1.82, 2.24) is 0 Å². The van der Waals surface area contributed by atoms with Crippen LogP contribution in [0.1, 0.15) is 0 Å². The summed E-state index contributed by atoms with van der Waals surface area (Å²) in [6.07, 6.45) is 0. The van der Waals surface area contributed by atoms with Crippen LogP contribution in [0.4, 0.5) is 34.1 Å². The highest BCUT2D eigenvalue weighted by Gasteiger charge is 2.31. The summed E-state index contributed by atoms with van der Waals surface area (Å²) in [7, 11) is 5.98. The number of nitrogens with zero attached hydrogens (tertiary/aromatic N) is 2. The molecule has 0 amide bonds. The van der Waals surface area contributed by atoms with Crippen LogP contribution in [0.3, 0.4) is 0 Å². The number of rotatable bonds is 12. The lowest BCUT2D eigenvalue weighted by Crippen LogP contribution is -2.49. The summed E-state index contributed by atoms with van der Waals surface area (Å²) in [6, 6.07) is 41.1. The SMILES string of the molecule is COc1ccc(N(c2ccc(OC)cc2)c2ccc(N(c3ccc(OC)cc3)c3ccc([Si](C)(OC)OC)cc3)cc2)cc1. The number of hydrogen-bond acceptors (Lipinski definition) is 7. The molecular formula is C36H38N2O5Si. The fourth-order valence-corrected chi connectivity index (χ4v) is 6.48. The summed E-state index contributed by atoms with van der Waals surface area (Å²) in [5, 5.41) is 1.06. The van der Waals surface area contributed by atoms with Crippen molar-refractivity contribution in [2.75, 3.05) is 45.3 Å². The molecule has 0 saturated heterocycles. The fraction of sp³-hybridized carbons (Fsp3) is 0.167. The highest BCUT2D eigenvalue weighted by atomic mass is 28.4. The Labute approximate surface area is 261 Å². The predicted molar refractivity (Wildman–Crippen MR) is 181 cm³/mol. The zero-order valence-electron chi connectivity index (χ0n) is 26.0. The van der Waals surface area contributed by atoms with E-state index in [1.807, 2.05) is 42.9 Å². The van der Waals surface area contributed by atoms with Crippen LogP contribution in [-0.4, -0.2) is 44.1 Å². The summed E-state index contributed by atoms with van der Waals surface area (Å²) in [6.45, 7) is 2.04. The van der Waals surface area contributed by atoms with Gasteiger partial charge in [-0.1, -0.05) is 12.1 Å². The Morgan fingerprint density at radius 1 is 0.364 bits per heavy atom. The van der Waals surface area contributed by atoms with Gasteiger partial charge in [0.25, 0.3) is 0 Å². The molecule has 7 nitrogen and oxygen atoms in total. The van der Waals surface area contributed by atoms with Gasteiger partial charge in [0.15, 0.2) is 0 Å². The van der Waals surface area contributed by atoms with Crippen LogP contribution in [0.5, 0.6) is 17.2 Å². The van der Waals surface area contributed by atoms with E-state index in [9.17, 15) is 0 Å². The first-order chi connectivity index (χ1) is 21.4. The van der Waals surface area contributed by atoms with Gasteiger partial charge in [-0.15, -0.1) is 0 Å². The Morgan fingerprint density at radius 3 is 0.818 bits per heavy atom. The lowest BCUT2D eigenvalue weighted by molar-refractivity contribution is 0.265. The molecule has 44 heavy (non-hydrogen) atoms. The molecule has 226 valence electrons. The molecule has 0 aliphatic rings. The summed E-state index contributed by atoms with van der Waals surface area (Å²) in [4.78, 5) is 4.42. The predicted octanol–water partition coefficient (Wildman–Crippen LogP) is 8.22. The first-order valence-corrected chi connectivity index (χ1v) is 16.6. The molecular weight excluding hydrogens is 568 g/mol. The van der Waals surface area contributed by atoms with E-state index < -0.39 is 8.56 Å². The molecule has 0 saturated carbocycles. The normalized spacial score (nSPS) is 11.1. The van der Waals surface area contributed by atoms with Crippen molar-refractivity contribution in [2.24, 2.45) is 0 Å². The summed E-state index contributed by atoms with van der Waals surface area (Å²) in [5.74, 6) is 2.41. The number of methoxy groups -OCH3 is 3. The lowest BCUT2D eigenvalue weighted by atomic mass is 10.1. The molecule has 5 aromatic carbocycles. The van der Waals surface area contributed by atoms with Crippen LogP contribution in [0.15, 0.2) is 121 Å². The number of anilines is 6. The molecule has 0 fully saturated rings. The molecule has 0 aliphatic heterocycles. The summed E-state index contributed by atoms with van der Waals surface area (Å²) in [5.41, 5.74) is 6.06. The van der Waals surface area contributed by atoms with E-state index in [-0.39, 0.29) is 0 Å². The Balaban J connectivity index is 1.56. The summed E-state index contributed by atoms with van der Waals surface area (Å²) < 4.78 is 27.8. The number of benzene rings is 5. The third kappa shape index (κ3) is 6.43. The second-order valence-electron chi connectivity index (χ2n) is 10.2. The van der Waals surface area contributed by atoms with Gasteiger partial charge in [0, 0.05) is 48.3 Å². The van der Waals surface area contributed by atoms with Crippen LogP contribution in [0.2, 0.25) is 6.55 Å². The highest BCUT2D eigenvalue weighted by Crippen LogP contribution is 2.40. The van der Waals surface area contributed by atoms with Gasteiger partial charge in [0.05, 0.1) is 21.3 Å². The molecule has 0 N–H and O–H groups in total. The maximum Gasteiger partial charge on any atom is 0.368 e. The second-order valence-corrected chi connectivity index (χ2v) is 13.5. The molecule has 0 unspecified atom stereocenters. The second kappa shape index (κ2) is 13.7. The maximum absolute atomic E-state index is 5.77. The highest BCUT2D eigenvalue weighted by molar-refractivity contribution is 6.79. The van der Waals surface area contributed by atoms with Gasteiger partial charge in [-0.2, -0.15) is 0 Å². The molecule has 0 heterocycles. The third-order valence-corrected chi connectivity index (χ3v) is 10.7. The van der Waals surface area contributed by atoms with Crippen molar-refractivity contribution in [2.45, 2.75) is 6.55 Å². The molecule has 8 heteroatoms. The molecule has 0 aromatic heterocycles. The smallest absolute Gasteiger partial charge is 0.368 e. The van der Waals surface area contributed by atoms with E-state index in [0.717, 1.165) is 56.6 Å². The maximum atomic E-state index is 5.77. The molecule has 0 atom stereocenters. The fourth-order valence-electron chi connectivity index (χ4n) is 5.07. The average molecular weight is 607 g/mol. The Kier molecular flexibility index (Phi) is 9.55. The summed E-state index contributed by atoms with van der Waals surface area (Å²) >= 11 is 0. The van der Waals surface area contributed by atoms with Crippen LogP contribution >= 0.6 is 0 Å². The van der Waals surface area contributed by atoms with Gasteiger partial charge in [-0.05, 0) is 121 Å². The first-order valence-electron chi connectivity index (χ1n) is 14.3. The zero-order valence-corrected chi connectivity index (χ0v) is 27.0. The largest absolute Gasteiger partial charge is 0.497 e. The zero-order chi connectivity index (χ0) is 31.1. The van der Waals surface area contributed by atoms with Gasteiger partial charge < -0.3 is 32.9 Å². The van der Waals surface area contributed by atoms with Gasteiger partial charge in [0.2, 0.25) is 0 Å². The van der Waals surface area contributed by atoms with Crippen molar-refractivity contribution in [3.8, 4) is 17.2 Å². The Hall–Kier alpha value is -4.76. The first kappa shape index (κ1) is 30.7. The molecule has 5 rings (SSSR count).